The molecule has 0 bridgehead atoms. The van der Waals surface area contributed by atoms with Gasteiger partial charge in [0.2, 0.25) is 0 Å². The lowest BCUT2D eigenvalue weighted by Crippen LogP contribution is -2.39. The standard InChI is InChI=1S/C23H30F2N2O/c1-28-15-14-27(16-19-6-8-22(24)9-7-19)17-20-10-12-26(13-11-20)18-21-4-2-3-5-23(21)25/h2-9,20H,10-18H2,1H3. The van der Waals surface area contributed by atoms with Crippen LogP contribution >= 0.6 is 0 Å². The van der Waals surface area contributed by atoms with E-state index in [-0.39, 0.29) is 11.6 Å². The van der Waals surface area contributed by atoms with E-state index >= 15 is 0 Å². The molecule has 5 heteroatoms. The molecular formula is C23H30F2N2O. The first-order valence-corrected chi connectivity index (χ1v) is 10.1. The Labute approximate surface area is 166 Å². The van der Waals surface area contributed by atoms with Crippen molar-refractivity contribution in [2.45, 2.75) is 25.9 Å². The molecule has 0 atom stereocenters. The van der Waals surface area contributed by atoms with Crippen molar-refractivity contribution in [1.29, 1.82) is 0 Å². The van der Waals surface area contributed by atoms with E-state index in [9.17, 15) is 8.78 Å². The summed E-state index contributed by atoms with van der Waals surface area (Å²) in [5, 5.41) is 0. The fourth-order valence-corrected chi connectivity index (χ4v) is 3.86. The number of benzene rings is 2. The molecule has 0 saturated carbocycles. The van der Waals surface area contributed by atoms with Crippen molar-refractivity contribution in [2.24, 2.45) is 5.92 Å². The molecule has 0 spiro atoms. The Bertz CT molecular complexity index is 715. The minimum atomic E-state index is -0.200. The predicted molar refractivity (Wildman–Crippen MR) is 108 cm³/mol. The average Bonchev–Trinajstić information content (AvgIpc) is 2.71. The first-order chi connectivity index (χ1) is 13.6. The van der Waals surface area contributed by atoms with Gasteiger partial charge >= 0.3 is 0 Å². The zero-order valence-corrected chi connectivity index (χ0v) is 16.6. The van der Waals surface area contributed by atoms with Crippen LogP contribution in [-0.4, -0.2) is 49.7 Å². The normalized spacial score (nSPS) is 16.0. The van der Waals surface area contributed by atoms with Crippen LogP contribution < -0.4 is 0 Å². The maximum Gasteiger partial charge on any atom is 0.127 e. The summed E-state index contributed by atoms with van der Waals surface area (Å²) in [4.78, 5) is 4.74. The third kappa shape index (κ3) is 6.36. The smallest absolute Gasteiger partial charge is 0.127 e. The Morgan fingerprint density at radius 3 is 2.43 bits per heavy atom. The largest absolute Gasteiger partial charge is 0.383 e. The zero-order chi connectivity index (χ0) is 19.8. The molecule has 28 heavy (non-hydrogen) atoms. The average molecular weight is 389 g/mol. The van der Waals surface area contributed by atoms with Crippen molar-refractivity contribution in [3.8, 4) is 0 Å². The molecule has 3 rings (SSSR count). The monoisotopic (exact) mass is 388 g/mol. The summed E-state index contributed by atoms with van der Waals surface area (Å²) in [6.45, 7) is 6.04. The highest BCUT2D eigenvalue weighted by atomic mass is 19.1. The Kier molecular flexibility index (Phi) is 7.95. The molecule has 0 amide bonds. The topological polar surface area (TPSA) is 15.7 Å². The minimum absolute atomic E-state index is 0.116. The highest BCUT2D eigenvalue weighted by Gasteiger charge is 2.22. The molecule has 152 valence electrons. The fourth-order valence-electron chi connectivity index (χ4n) is 3.86. The Morgan fingerprint density at radius 1 is 1.04 bits per heavy atom. The second-order valence-corrected chi connectivity index (χ2v) is 7.67. The molecule has 0 aliphatic carbocycles. The van der Waals surface area contributed by atoms with E-state index in [2.05, 4.69) is 9.80 Å². The summed E-state index contributed by atoms with van der Waals surface area (Å²) in [5.74, 6) is 0.304. The summed E-state index contributed by atoms with van der Waals surface area (Å²) >= 11 is 0. The third-order valence-electron chi connectivity index (χ3n) is 5.51. The second kappa shape index (κ2) is 10.6. The van der Waals surface area contributed by atoms with Crippen LogP contribution in [0.4, 0.5) is 8.78 Å². The molecule has 1 fully saturated rings. The van der Waals surface area contributed by atoms with Crippen LogP contribution in [0.15, 0.2) is 48.5 Å². The van der Waals surface area contributed by atoms with Crippen LogP contribution in [0.25, 0.3) is 0 Å². The quantitative estimate of drug-likeness (QED) is 0.636. The molecule has 2 aromatic rings. The lowest BCUT2D eigenvalue weighted by atomic mass is 9.95. The minimum Gasteiger partial charge on any atom is -0.383 e. The van der Waals surface area contributed by atoms with Gasteiger partial charge in [0, 0.05) is 38.9 Å². The summed E-state index contributed by atoms with van der Waals surface area (Å²) in [7, 11) is 1.72. The van der Waals surface area contributed by atoms with Crippen LogP contribution in [0.3, 0.4) is 0 Å². The molecular weight excluding hydrogens is 358 g/mol. The van der Waals surface area contributed by atoms with Crippen molar-refractivity contribution in [3.63, 3.8) is 0 Å². The van der Waals surface area contributed by atoms with E-state index in [0.29, 0.717) is 19.1 Å². The van der Waals surface area contributed by atoms with Crippen LogP contribution in [-0.2, 0) is 17.8 Å². The third-order valence-corrected chi connectivity index (χ3v) is 5.51. The van der Waals surface area contributed by atoms with Gasteiger partial charge < -0.3 is 4.74 Å². The van der Waals surface area contributed by atoms with Crippen LogP contribution in [0.5, 0.6) is 0 Å². The van der Waals surface area contributed by atoms with E-state index in [4.69, 9.17) is 4.74 Å². The number of rotatable bonds is 9. The number of methoxy groups -OCH3 is 1. The van der Waals surface area contributed by atoms with Gasteiger partial charge in [0.1, 0.15) is 11.6 Å². The maximum absolute atomic E-state index is 13.9. The Hall–Kier alpha value is -1.82. The van der Waals surface area contributed by atoms with Crippen LogP contribution in [0.2, 0.25) is 0 Å². The molecule has 1 saturated heterocycles. The molecule has 0 radical (unpaired) electrons. The van der Waals surface area contributed by atoms with Gasteiger partial charge in [-0.2, -0.15) is 0 Å². The zero-order valence-electron chi connectivity index (χ0n) is 16.6. The SMILES string of the molecule is COCCN(Cc1ccc(F)cc1)CC1CCN(Cc2ccccc2F)CC1. The van der Waals surface area contributed by atoms with Gasteiger partial charge in [0.05, 0.1) is 6.61 Å². The Balaban J connectivity index is 1.50. The van der Waals surface area contributed by atoms with Gasteiger partial charge in [-0.15, -0.1) is 0 Å². The number of hydrogen-bond donors (Lipinski definition) is 0. The molecule has 1 aliphatic heterocycles. The number of halogens is 2. The molecule has 0 unspecified atom stereocenters. The fraction of sp³-hybridized carbons (Fsp3) is 0.478. The highest BCUT2D eigenvalue weighted by molar-refractivity contribution is 5.17. The van der Waals surface area contributed by atoms with Gasteiger partial charge in [-0.25, -0.2) is 8.78 Å². The molecule has 1 heterocycles. The number of likely N-dealkylation sites (tertiary alicyclic amines) is 1. The van der Waals surface area contributed by atoms with Crippen molar-refractivity contribution in [2.75, 3.05) is 39.9 Å². The molecule has 3 nitrogen and oxygen atoms in total. The maximum atomic E-state index is 13.9. The summed E-state index contributed by atoms with van der Waals surface area (Å²) in [6.07, 6.45) is 2.22. The molecule has 0 aromatic heterocycles. The van der Waals surface area contributed by atoms with E-state index in [0.717, 1.165) is 56.7 Å². The number of nitrogens with zero attached hydrogens (tertiary/aromatic N) is 2. The van der Waals surface area contributed by atoms with E-state index in [1.165, 1.54) is 18.2 Å². The van der Waals surface area contributed by atoms with Gasteiger partial charge in [-0.05, 0) is 55.6 Å². The lowest BCUT2D eigenvalue weighted by molar-refractivity contribution is 0.106. The second-order valence-electron chi connectivity index (χ2n) is 7.67. The Morgan fingerprint density at radius 2 is 1.75 bits per heavy atom. The molecule has 0 N–H and O–H groups in total. The van der Waals surface area contributed by atoms with Gasteiger partial charge in [0.15, 0.2) is 0 Å². The first-order valence-electron chi connectivity index (χ1n) is 10.1. The molecule has 1 aliphatic rings. The van der Waals surface area contributed by atoms with E-state index in [1.54, 1.807) is 13.2 Å². The summed E-state index contributed by atoms with van der Waals surface area (Å²) in [6, 6.07) is 13.8. The molecule has 2 aromatic carbocycles. The van der Waals surface area contributed by atoms with Crippen molar-refractivity contribution in [1.82, 2.24) is 9.80 Å². The summed E-state index contributed by atoms with van der Waals surface area (Å²) in [5.41, 5.74) is 1.90. The van der Waals surface area contributed by atoms with Crippen molar-refractivity contribution in [3.05, 3.63) is 71.3 Å². The lowest BCUT2D eigenvalue weighted by Gasteiger charge is -2.35. The van der Waals surface area contributed by atoms with Crippen LogP contribution in [0, 0.1) is 17.6 Å². The van der Waals surface area contributed by atoms with Crippen molar-refractivity contribution >= 4 is 0 Å². The van der Waals surface area contributed by atoms with Crippen molar-refractivity contribution < 1.29 is 13.5 Å². The van der Waals surface area contributed by atoms with Gasteiger partial charge in [-0.1, -0.05) is 30.3 Å². The van der Waals surface area contributed by atoms with Crippen LogP contribution in [0.1, 0.15) is 24.0 Å². The number of piperidine rings is 1. The highest BCUT2D eigenvalue weighted by Crippen LogP contribution is 2.22. The van der Waals surface area contributed by atoms with E-state index in [1.807, 2.05) is 24.3 Å². The predicted octanol–water partition coefficient (Wildman–Crippen LogP) is 4.33. The first kappa shape index (κ1) is 20.9. The van der Waals surface area contributed by atoms with Gasteiger partial charge in [-0.3, -0.25) is 9.80 Å². The number of hydrogen-bond acceptors (Lipinski definition) is 3. The number of ether oxygens (including phenoxy) is 1. The van der Waals surface area contributed by atoms with E-state index < -0.39 is 0 Å². The summed E-state index contributed by atoms with van der Waals surface area (Å²) < 4.78 is 32.3. The van der Waals surface area contributed by atoms with Gasteiger partial charge in [0.25, 0.3) is 0 Å².